The van der Waals surface area contributed by atoms with Gasteiger partial charge >= 0.3 is 0 Å². The number of nitrogens with one attached hydrogen (secondary N) is 1. The van der Waals surface area contributed by atoms with Crippen LogP contribution in [0, 0.1) is 0 Å². The first kappa shape index (κ1) is 17.7. The van der Waals surface area contributed by atoms with Crippen LogP contribution in [0.5, 0.6) is 0 Å². The second-order valence-electron chi connectivity index (χ2n) is 6.82. The van der Waals surface area contributed by atoms with Gasteiger partial charge in [0.15, 0.2) is 0 Å². The molecule has 0 aromatic heterocycles. The summed E-state index contributed by atoms with van der Waals surface area (Å²) >= 11 is 0. The average molecular weight is 336 g/mol. The fourth-order valence-electron chi connectivity index (χ4n) is 3.47. The molecule has 132 valence electrons. The number of hydrogen-bond donors (Lipinski definition) is 1. The molecular formula is C22H28N2O. The summed E-state index contributed by atoms with van der Waals surface area (Å²) in [5.74, 6) is 0.102. The Morgan fingerprint density at radius 3 is 2.24 bits per heavy atom. The van der Waals surface area contributed by atoms with Crippen molar-refractivity contribution >= 4 is 11.6 Å². The van der Waals surface area contributed by atoms with Crippen LogP contribution in [-0.2, 0) is 4.79 Å². The maximum atomic E-state index is 12.5. The van der Waals surface area contributed by atoms with E-state index in [0.29, 0.717) is 6.42 Å². The molecular weight excluding hydrogens is 308 g/mol. The van der Waals surface area contributed by atoms with E-state index in [1.807, 2.05) is 36.4 Å². The molecule has 1 N–H and O–H groups in total. The number of amides is 1. The van der Waals surface area contributed by atoms with Crippen LogP contribution in [0.3, 0.4) is 0 Å². The summed E-state index contributed by atoms with van der Waals surface area (Å²) in [6, 6.07) is 18.2. The maximum absolute atomic E-state index is 12.5. The van der Waals surface area contributed by atoms with E-state index in [1.165, 1.54) is 32.1 Å². The van der Waals surface area contributed by atoms with E-state index in [0.717, 1.165) is 36.4 Å². The van der Waals surface area contributed by atoms with E-state index in [9.17, 15) is 4.79 Å². The van der Waals surface area contributed by atoms with Gasteiger partial charge in [0.25, 0.3) is 0 Å². The molecule has 25 heavy (non-hydrogen) atoms. The third-order valence-electron chi connectivity index (χ3n) is 4.89. The number of hydrogen-bond acceptors (Lipinski definition) is 2. The molecule has 0 unspecified atom stereocenters. The monoisotopic (exact) mass is 336 g/mol. The predicted octanol–water partition coefficient (Wildman–Crippen LogP) is 4.95. The van der Waals surface area contributed by atoms with Crippen LogP contribution >= 0.6 is 0 Å². The van der Waals surface area contributed by atoms with E-state index >= 15 is 0 Å². The Morgan fingerprint density at radius 1 is 0.840 bits per heavy atom. The second-order valence-corrected chi connectivity index (χ2v) is 6.82. The zero-order chi connectivity index (χ0) is 17.3. The maximum Gasteiger partial charge on any atom is 0.225 e. The van der Waals surface area contributed by atoms with Crippen molar-refractivity contribution in [3.05, 3.63) is 54.6 Å². The minimum absolute atomic E-state index is 0.102. The first-order chi connectivity index (χ1) is 12.3. The average Bonchev–Trinajstić information content (AvgIpc) is 2.62. The van der Waals surface area contributed by atoms with E-state index in [-0.39, 0.29) is 5.91 Å². The number of nitrogens with zero attached hydrogens (tertiary/aromatic N) is 1. The Bertz CT molecular complexity index is 661. The molecule has 0 saturated carbocycles. The van der Waals surface area contributed by atoms with Crippen LogP contribution < -0.4 is 5.32 Å². The molecule has 3 nitrogen and oxygen atoms in total. The molecule has 1 heterocycles. The zero-order valence-electron chi connectivity index (χ0n) is 14.9. The number of likely N-dealkylation sites (tertiary alicyclic amines) is 1. The Kier molecular flexibility index (Phi) is 6.63. The van der Waals surface area contributed by atoms with E-state index in [1.54, 1.807) is 0 Å². The lowest BCUT2D eigenvalue weighted by Crippen LogP contribution is -2.30. The molecule has 2 aromatic rings. The van der Waals surface area contributed by atoms with Crippen molar-refractivity contribution in [2.24, 2.45) is 0 Å². The van der Waals surface area contributed by atoms with E-state index < -0.39 is 0 Å². The molecule has 2 aromatic carbocycles. The van der Waals surface area contributed by atoms with Gasteiger partial charge in [-0.15, -0.1) is 0 Å². The lowest BCUT2D eigenvalue weighted by Gasteiger charge is -2.24. The minimum atomic E-state index is 0.102. The molecule has 1 fully saturated rings. The molecule has 1 aliphatic heterocycles. The van der Waals surface area contributed by atoms with Crippen molar-refractivity contribution in [3.63, 3.8) is 0 Å². The zero-order valence-corrected chi connectivity index (χ0v) is 14.9. The lowest BCUT2D eigenvalue weighted by molar-refractivity contribution is -0.116. The van der Waals surface area contributed by atoms with Gasteiger partial charge in [-0.05, 0) is 37.6 Å². The molecule has 1 saturated heterocycles. The summed E-state index contributed by atoms with van der Waals surface area (Å²) < 4.78 is 0. The number of carbonyl (C=O) groups excluding carboxylic acids is 1. The minimum Gasteiger partial charge on any atom is -0.325 e. The van der Waals surface area contributed by atoms with Crippen molar-refractivity contribution in [3.8, 4) is 11.1 Å². The van der Waals surface area contributed by atoms with Crippen LogP contribution in [0.2, 0.25) is 0 Å². The smallest absolute Gasteiger partial charge is 0.225 e. The van der Waals surface area contributed by atoms with Gasteiger partial charge in [0.2, 0.25) is 5.91 Å². The summed E-state index contributed by atoms with van der Waals surface area (Å²) in [5, 5.41) is 3.11. The molecule has 0 spiro atoms. The van der Waals surface area contributed by atoms with Crippen LogP contribution in [0.25, 0.3) is 11.1 Å². The van der Waals surface area contributed by atoms with Crippen molar-refractivity contribution in [1.82, 2.24) is 4.90 Å². The van der Waals surface area contributed by atoms with Gasteiger partial charge in [-0.1, -0.05) is 67.8 Å². The summed E-state index contributed by atoms with van der Waals surface area (Å²) in [5.41, 5.74) is 3.09. The first-order valence-electron chi connectivity index (χ1n) is 9.49. The molecule has 3 rings (SSSR count). The standard InChI is InChI=1S/C22H28N2O/c25-22(15-18-24-16-9-2-1-3-10-17-24)23-21-14-8-7-13-20(21)19-11-5-4-6-12-19/h4-8,11-14H,1-3,9-10,15-18H2,(H,23,25). The molecule has 0 bridgehead atoms. The topological polar surface area (TPSA) is 32.3 Å². The van der Waals surface area contributed by atoms with Crippen molar-refractivity contribution in [1.29, 1.82) is 0 Å². The number of rotatable bonds is 5. The van der Waals surface area contributed by atoms with Crippen LogP contribution in [-0.4, -0.2) is 30.4 Å². The van der Waals surface area contributed by atoms with Crippen molar-refractivity contribution < 1.29 is 4.79 Å². The fourth-order valence-corrected chi connectivity index (χ4v) is 3.47. The molecule has 0 radical (unpaired) electrons. The number of carbonyl (C=O) groups is 1. The third-order valence-corrected chi connectivity index (χ3v) is 4.89. The van der Waals surface area contributed by atoms with Crippen LogP contribution in [0.15, 0.2) is 54.6 Å². The Labute approximate surface area is 151 Å². The molecule has 0 aliphatic carbocycles. The summed E-state index contributed by atoms with van der Waals surface area (Å²) in [6.45, 7) is 3.13. The van der Waals surface area contributed by atoms with Gasteiger partial charge in [-0.2, -0.15) is 0 Å². The van der Waals surface area contributed by atoms with Gasteiger partial charge in [0.1, 0.15) is 0 Å². The SMILES string of the molecule is O=C(CCN1CCCCCCC1)Nc1ccccc1-c1ccccc1. The van der Waals surface area contributed by atoms with Crippen molar-refractivity contribution in [2.45, 2.75) is 38.5 Å². The highest BCUT2D eigenvalue weighted by Crippen LogP contribution is 2.27. The highest BCUT2D eigenvalue weighted by atomic mass is 16.1. The van der Waals surface area contributed by atoms with Gasteiger partial charge in [-0.25, -0.2) is 0 Å². The van der Waals surface area contributed by atoms with Gasteiger partial charge in [-0.3, -0.25) is 4.79 Å². The number of benzene rings is 2. The van der Waals surface area contributed by atoms with Gasteiger partial charge < -0.3 is 10.2 Å². The normalized spacial score (nSPS) is 16.0. The summed E-state index contributed by atoms with van der Waals surface area (Å²) in [6.07, 6.45) is 7.10. The highest BCUT2D eigenvalue weighted by Gasteiger charge is 2.12. The predicted molar refractivity (Wildman–Crippen MR) is 105 cm³/mol. The lowest BCUT2D eigenvalue weighted by atomic mass is 10.0. The highest BCUT2D eigenvalue weighted by molar-refractivity contribution is 5.95. The third kappa shape index (κ3) is 5.43. The largest absolute Gasteiger partial charge is 0.325 e. The van der Waals surface area contributed by atoms with Gasteiger partial charge in [0, 0.05) is 24.2 Å². The van der Waals surface area contributed by atoms with Gasteiger partial charge in [0.05, 0.1) is 0 Å². The fraction of sp³-hybridized carbons (Fsp3) is 0.409. The number of anilines is 1. The molecule has 3 heteroatoms. The first-order valence-corrected chi connectivity index (χ1v) is 9.49. The Balaban J connectivity index is 1.58. The summed E-state index contributed by atoms with van der Waals surface area (Å²) in [7, 11) is 0. The van der Waals surface area contributed by atoms with E-state index in [4.69, 9.17) is 0 Å². The second kappa shape index (κ2) is 9.38. The van der Waals surface area contributed by atoms with Crippen molar-refractivity contribution in [2.75, 3.05) is 25.0 Å². The Morgan fingerprint density at radius 2 is 1.48 bits per heavy atom. The van der Waals surface area contributed by atoms with E-state index in [2.05, 4.69) is 28.4 Å². The number of para-hydroxylation sites is 1. The summed E-state index contributed by atoms with van der Waals surface area (Å²) in [4.78, 5) is 14.9. The van der Waals surface area contributed by atoms with Crippen LogP contribution in [0.4, 0.5) is 5.69 Å². The quantitative estimate of drug-likeness (QED) is 0.838. The molecule has 1 aliphatic rings. The molecule has 1 amide bonds. The van der Waals surface area contributed by atoms with Crippen LogP contribution in [0.1, 0.15) is 38.5 Å². The molecule has 0 atom stereocenters. The Hall–Kier alpha value is -2.13.